The Hall–Kier alpha value is -0.770. The number of esters is 1. The van der Waals surface area contributed by atoms with E-state index in [0.717, 1.165) is 38.0 Å². The van der Waals surface area contributed by atoms with Crippen LogP contribution < -0.4 is 0 Å². The summed E-state index contributed by atoms with van der Waals surface area (Å²) >= 11 is 11.7. The first kappa shape index (κ1) is 16.6. The first-order valence-electron chi connectivity index (χ1n) is 7.27. The lowest BCUT2D eigenvalue weighted by molar-refractivity contribution is -0.148. The standard InChI is InChI=1S/C16H21Cl2NO2/c1-21-16(20)15-11-19(9-2-8-17)10-7-14(15)12-3-5-13(18)6-4-12/h3-6,14-15H,2,7-11H2,1H3. The molecule has 116 valence electrons. The number of halogens is 2. The van der Waals surface area contributed by atoms with E-state index in [9.17, 15) is 4.79 Å². The van der Waals surface area contributed by atoms with Crippen LogP contribution in [0, 0.1) is 5.92 Å². The third-order valence-corrected chi connectivity index (χ3v) is 4.63. The van der Waals surface area contributed by atoms with Gasteiger partial charge in [0.25, 0.3) is 0 Å². The van der Waals surface area contributed by atoms with Crippen LogP contribution in [-0.4, -0.2) is 43.5 Å². The fraction of sp³-hybridized carbons (Fsp3) is 0.562. The second-order valence-corrected chi connectivity index (χ2v) is 6.23. The Bertz CT molecular complexity index is 464. The van der Waals surface area contributed by atoms with Crippen molar-refractivity contribution in [2.45, 2.75) is 18.8 Å². The number of likely N-dealkylation sites (tertiary alicyclic amines) is 1. The first-order chi connectivity index (χ1) is 10.2. The molecule has 0 amide bonds. The predicted octanol–water partition coefficient (Wildman–Crippen LogP) is 3.55. The number of piperidine rings is 1. The van der Waals surface area contributed by atoms with Crippen molar-refractivity contribution >= 4 is 29.2 Å². The molecule has 0 saturated carbocycles. The van der Waals surface area contributed by atoms with Gasteiger partial charge in [-0.25, -0.2) is 0 Å². The number of carbonyl (C=O) groups is 1. The fourth-order valence-electron chi connectivity index (χ4n) is 3.01. The zero-order valence-electron chi connectivity index (χ0n) is 12.2. The van der Waals surface area contributed by atoms with Crippen molar-refractivity contribution in [2.24, 2.45) is 5.92 Å². The molecule has 1 fully saturated rings. The number of rotatable bonds is 5. The molecular weight excluding hydrogens is 309 g/mol. The maximum Gasteiger partial charge on any atom is 0.310 e. The summed E-state index contributed by atoms with van der Waals surface area (Å²) in [6, 6.07) is 7.78. The van der Waals surface area contributed by atoms with Gasteiger partial charge in [0.15, 0.2) is 0 Å². The minimum atomic E-state index is -0.134. The number of hydrogen-bond acceptors (Lipinski definition) is 3. The molecular formula is C16H21Cl2NO2. The van der Waals surface area contributed by atoms with Crippen molar-refractivity contribution in [1.82, 2.24) is 4.90 Å². The molecule has 1 heterocycles. The Morgan fingerprint density at radius 3 is 2.71 bits per heavy atom. The summed E-state index contributed by atoms with van der Waals surface area (Å²) in [4.78, 5) is 14.4. The lowest BCUT2D eigenvalue weighted by atomic mass is 9.80. The Balaban J connectivity index is 2.12. The first-order valence-corrected chi connectivity index (χ1v) is 8.18. The van der Waals surface area contributed by atoms with Crippen LogP contribution in [-0.2, 0) is 9.53 Å². The van der Waals surface area contributed by atoms with Crippen LogP contribution in [0.1, 0.15) is 24.3 Å². The number of alkyl halides is 1. The van der Waals surface area contributed by atoms with Crippen LogP contribution in [0.4, 0.5) is 0 Å². The van der Waals surface area contributed by atoms with Crippen molar-refractivity contribution < 1.29 is 9.53 Å². The van der Waals surface area contributed by atoms with Crippen molar-refractivity contribution in [2.75, 3.05) is 32.6 Å². The van der Waals surface area contributed by atoms with Gasteiger partial charge < -0.3 is 9.64 Å². The van der Waals surface area contributed by atoms with Crippen molar-refractivity contribution in [1.29, 1.82) is 0 Å². The van der Waals surface area contributed by atoms with Crippen LogP contribution in [0.2, 0.25) is 5.02 Å². The predicted molar refractivity (Wildman–Crippen MR) is 86.1 cm³/mol. The summed E-state index contributed by atoms with van der Waals surface area (Å²) in [5.41, 5.74) is 1.16. The molecule has 0 aromatic heterocycles. The van der Waals surface area contributed by atoms with E-state index in [2.05, 4.69) is 4.90 Å². The molecule has 1 aliphatic rings. The molecule has 1 aliphatic heterocycles. The average molecular weight is 330 g/mol. The van der Waals surface area contributed by atoms with Gasteiger partial charge in [-0.3, -0.25) is 4.79 Å². The Morgan fingerprint density at radius 2 is 2.10 bits per heavy atom. The molecule has 2 atom stereocenters. The number of benzene rings is 1. The smallest absolute Gasteiger partial charge is 0.310 e. The zero-order valence-corrected chi connectivity index (χ0v) is 13.7. The Morgan fingerprint density at radius 1 is 1.38 bits per heavy atom. The van der Waals surface area contributed by atoms with Crippen molar-refractivity contribution in [3.05, 3.63) is 34.9 Å². The molecule has 2 rings (SSSR count). The normalized spacial score (nSPS) is 23.0. The second kappa shape index (κ2) is 8.02. The fourth-order valence-corrected chi connectivity index (χ4v) is 3.25. The third kappa shape index (κ3) is 4.35. The minimum absolute atomic E-state index is 0.125. The van der Waals surface area contributed by atoms with Gasteiger partial charge in [0.05, 0.1) is 13.0 Å². The Kier molecular flexibility index (Phi) is 6.34. The monoisotopic (exact) mass is 329 g/mol. The summed E-state index contributed by atoms with van der Waals surface area (Å²) in [7, 11) is 1.46. The zero-order chi connectivity index (χ0) is 15.2. The van der Waals surface area contributed by atoms with Crippen molar-refractivity contribution in [3.8, 4) is 0 Å². The minimum Gasteiger partial charge on any atom is -0.469 e. The lowest BCUT2D eigenvalue weighted by Crippen LogP contribution is -2.43. The number of hydrogen-bond donors (Lipinski definition) is 0. The summed E-state index contributed by atoms with van der Waals surface area (Å²) < 4.78 is 5.00. The van der Waals surface area contributed by atoms with Gasteiger partial charge >= 0.3 is 5.97 Å². The van der Waals surface area contributed by atoms with E-state index < -0.39 is 0 Å². The van der Waals surface area contributed by atoms with Gasteiger partial charge in [-0.1, -0.05) is 23.7 Å². The van der Waals surface area contributed by atoms with Crippen LogP contribution in [0.15, 0.2) is 24.3 Å². The molecule has 5 heteroatoms. The highest BCUT2D eigenvalue weighted by atomic mass is 35.5. The average Bonchev–Trinajstić information content (AvgIpc) is 2.52. The van der Waals surface area contributed by atoms with Gasteiger partial charge in [-0.2, -0.15) is 0 Å². The lowest BCUT2D eigenvalue weighted by Gasteiger charge is -2.37. The van der Waals surface area contributed by atoms with E-state index >= 15 is 0 Å². The summed E-state index contributed by atoms with van der Waals surface area (Å²) in [5.74, 6) is 0.591. The van der Waals surface area contributed by atoms with E-state index in [1.165, 1.54) is 7.11 Å². The van der Waals surface area contributed by atoms with Crippen LogP contribution in [0.5, 0.6) is 0 Å². The largest absolute Gasteiger partial charge is 0.469 e. The van der Waals surface area contributed by atoms with Gasteiger partial charge in [-0.05, 0) is 49.5 Å². The SMILES string of the molecule is COC(=O)C1CN(CCCCl)CCC1c1ccc(Cl)cc1. The highest BCUT2D eigenvalue weighted by molar-refractivity contribution is 6.30. The van der Waals surface area contributed by atoms with Crippen molar-refractivity contribution in [3.63, 3.8) is 0 Å². The topological polar surface area (TPSA) is 29.5 Å². The van der Waals surface area contributed by atoms with E-state index in [1.807, 2.05) is 24.3 Å². The van der Waals surface area contributed by atoms with E-state index in [0.29, 0.717) is 10.9 Å². The maximum atomic E-state index is 12.1. The second-order valence-electron chi connectivity index (χ2n) is 5.42. The molecule has 0 N–H and O–H groups in total. The van der Waals surface area contributed by atoms with Gasteiger partial charge in [-0.15, -0.1) is 11.6 Å². The van der Waals surface area contributed by atoms with E-state index in [4.69, 9.17) is 27.9 Å². The number of methoxy groups -OCH3 is 1. The van der Waals surface area contributed by atoms with Gasteiger partial charge in [0, 0.05) is 17.4 Å². The molecule has 2 unspecified atom stereocenters. The van der Waals surface area contributed by atoms with Crippen LogP contribution in [0.25, 0.3) is 0 Å². The molecule has 21 heavy (non-hydrogen) atoms. The van der Waals surface area contributed by atoms with Crippen LogP contribution in [0.3, 0.4) is 0 Å². The van der Waals surface area contributed by atoms with E-state index in [1.54, 1.807) is 0 Å². The molecule has 3 nitrogen and oxygen atoms in total. The van der Waals surface area contributed by atoms with Gasteiger partial charge in [0.1, 0.15) is 0 Å². The molecule has 1 aromatic carbocycles. The van der Waals surface area contributed by atoms with Gasteiger partial charge in [0.2, 0.25) is 0 Å². The summed E-state index contributed by atoms with van der Waals surface area (Å²) in [6.45, 7) is 2.65. The van der Waals surface area contributed by atoms with Crippen LogP contribution >= 0.6 is 23.2 Å². The Labute approximate surface area is 136 Å². The highest BCUT2D eigenvalue weighted by Gasteiger charge is 2.35. The summed E-state index contributed by atoms with van der Waals surface area (Å²) in [6.07, 6.45) is 1.89. The molecule has 0 radical (unpaired) electrons. The maximum absolute atomic E-state index is 12.1. The number of carbonyl (C=O) groups excluding carboxylic acids is 1. The summed E-state index contributed by atoms with van der Waals surface area (Å²) in [5, 5.41) is 0.716. The molecule has 1 saturated heterocycles. The number of ether oxygens (including phenoxy) is 1. The quantitative estimate of drug-likeness (QED) is 0.611. The molecule has 1 aromatic rings. The highest BCUT2D eigenvalue weighted by Crippen LogP contribution is 2.34. The molecule has 0 spiro atoms. The number of nitrogens with zero attached hydrogens (tertiary/aromatic N) is 1. The third-order valence-electron chi connectivity index (χ3n) is 4.11. The molecule has 0 aliphatic carbocycles. The van der Waals surface area contributed by atoms with E-state index in [-0.39, 0.29) is 17.8 Å². The molecule has 0 bridgehead atoms.